The van der Waals surface area contributed by atoms with E-state index in [9.17, 15) is 9.13 Å². The molecule has 2 aromatic rings. The predicted molar refractivity (Wildman–Crippen MR) is 177 cm³/mol. The van der Waals surface area contributed by atoms with E-state index in [1.807, 2.05) is 60.7 Å². The Bertz CT molecular complexity index is 1030. The van der Waals surface area contributed by atoms with E-state index in [1.165, 1.54) is 47.0 Å². The second-order valence-corrected chi connectivity index (χ2v) is 15.5. The lowest BCUT2D eigenvalue weighted by atomic mass is 10.2. The van der Waals surface area contributed by atoms with Crippen LogP contribution in [0.2, 0.25) is 0 Å². The average Bonchev–Trinajstić information content (AvgIpc) is 2.94. The van der Waals surface area contributed by atoms with Crippen molar-refractivity contribution in [3.63, 3.8) is 0 Å². The summed E-state index contributed by atoms with van der Waals surface area (Å²) in [5, 5.41) is 0. The van der Waals surface area contributed by atoms with Gasteiger partial charge in [-0.25, -0.2) is 9.13 Å². The quantitative estimate of drug-likeness (QED) is 0.0704. The number of benzene rings is 2. The first-order valence-corrected chi connectivity index (χ1v) is 19.9. The monoisotopic (exact) mass is 664 g/mol. The van der Waals surface area contributed by atoms with Gasteiger partial charge in [0, 0.05) is 23.0 Å². The lowest BCUT2D eigenvalue weighted by molar-refractivity contribution is 0.220. The zero-order valence-electron chi connectivity index (χ0n) is 23.3. The third-order valence-electron chi connectivity index (χ3n) is 4.52. The van der Waals surface area contributed by atoms with Crippen molar-refractivity contribution in [1.29, 1.82) is 0 Å². The van der Waals surface area contributed by atoms with E-state index in [1.54, 1.807) is 27.7 Å². The van der Waals surface area contributed by atoms with Crippen LogP contribution in [0.25, 0.3) is 0 Å². The van der Waals surface area contributed by atoms with E-state index in [0.29, 0.717) is 31.8 Å². The highest BCUT2D eigenvalue weighted by Gasteiger charge is 2.25. The smallest absolute Gasteiger partial charge is 0.291 e. The van der Waals surface area contributed by atoms with Gasteiger partial charge in [-0.3, -0.25) is 18.1 Å². The molecule has 0 aromatic heterocycles. The van der Waals surface area contributed by atoms with Crippen molar-refractivity contribution in [3.05, 3.63) is 71.8 Å². The fourth-order valence-electron chi connectivity index (χ4n) is 2.94. The van der Waals surface area contributed by atoms with Gasteiger partial charge in [0.25, 0.3) is 0 Å². The van der Waals surface area contributed by atoms with Crippen molar-refractivity contribution < 1.29 is 27.2 Å². The van der Waals surface area contributed by atoms with Crippen molar-refractivity contribution in [2.24, 2.45) is 9.53 Å². The minimum absolute atomic E-state index is 0.232. The molecule has 0 atom stereocenters. The lowest BCUT2D eigenvalue weighted by Crippen LogP contribution is -2.00. The standard InChI is InChI=1S/C26H38N2O6P2S4/c1-5-31-35(29,32-6-2)27-25(39-21-23-15-11-9-12-16-23)37-19-20-38-26(28-36(30,33-7-3)34-8-4)40-22-24-17-13-10-14-18-24/h9-18H,5-8,19-22H2,1-4H3/b27-25+,28-26+. The van der Waals surface area contributed by atoms with Crippen molar-refractivity contribution >= 4 is 71.3 Å². The highest BCUT2D eigenvalue weighted by Crippen LogP contribution is 2.52. The van der Waals surface area contributed by atoms with Crippen LogP contribution in [0.1, 0.15) is 38.8 Å². The van der Waals surface area contributed by atoms with Gasteiger partial charge in [0.2, 0.25) is 0 Å². The summed E-state index contributed by atoms with van der Waals surface area (Å²) < 4.78 is 58.0. The maximum absolute atomic E-state index is 13.1. The van der Waals surface area contributed by atoms with Crippen LogP contribution < -0.4 is 0 Å². The van der Waals surface area contributed by atoms with Crippen LogP contribution in [-0.4, -0.2) is 46.7 Å². The number of hydrogen-bond donors (Lipinski definition) is 0. The number of nitrogens with zero attached hydrogens (tertiary/aromatic N) is 2. The fraction of sp³-hybridized carbons (Fsp3) is 0.462. The Balaban J connectivity index is 2.14. The largest absolute Gasteiger partial charge is 0.455 e. The van der Waals surface area contributed by atoms with Crippen molar-refractivity contribution in [1.82, 2.24) is 0 Å². The molecule has 0 fully saturated rings. The Labute approximate surface area is 255 Å². The second kappa shape index (κ2) is 20.4. The van der Waals surface area contributed by atoms with Gasteiger partial charge in [0.15, 0.2) is 0 Å². The number of hydrogen-bond acceptors (Lipinski definition) is 10. The molecule has 14 heteroatoms. The third kappa shape index (κ3) is 14.6. The molecule has 0 radical (unpaired) electrons. The number of thioether (sulfide) groups is 4. The lowest BCUT2D eigenvalue weighted by Gasteiger charge is -2.15. The van der Waals surface area contributed by atoms with Crippen LogP contribution in [-0.2, 0) is 38.7 Å². The van der Waals surface area contributed by atoms with Gasteiger partial charge < -0.3 is 0 Å². The summed E-state index contributed by atoms with van der Waals surface area (Å²) in [6.45, 7) is 7.98. The van der Waals surface area contributed by atoms with E-state index in [0.717, 1.165) is 11.1 Å². The first-order chi connectivity index (χ1) is 19.3. The van der Waals surface area contributed by atoms with Gasteiger partial charge in [-0.15, -0.1) is 0 Å². The van der Waals surface area contributed by atoms with Gasteiger partial charge in [-0.2, -0.15) is 9.53 Å². The van der Waals surface area contributed by atoms with Crippen LogP contribution in [0, 0.1) is 0 Å². The summed E-state index contributed by atoms with van der Waals surface area (Å²) >= 11 is 5.95. The fourth-order valence-corrected chi connectivity index (χ4v) is 10.6. The Morgan fingerprint density at radius 3 is 1.20 bits per heavy atom. The third-order valence-corrected chi connectivity index (χ3v) is 13.1. The van der Waals surface area contributed by atoms with Gasteiger partial charge in [0.1, 0.15) is 8.75 Å². The normalized spacial score (nSPS) is 13.1. The zero-order chi connectivity index (χ0) is 29.1. The summed E-state index contributed by atoms with van der Waals surface area (Å²) in [5.74, 6) is 2.62. The summed E-state index contributed by atoms with van der Waals surface area (Å²) in [7, 11) is -7.22. The van der Waals surface area contributed by atoms with Crippen LogP contribution in [0.5, 0.6) is 0 Å². The molecule has 222 valence electrons. The van der Waals surface area contributed by atoms with Crippen LogP contribution in [0.15, 0.2) is 70.2 Å². The highest BCUT2D eigenvalue weighted by molar-refractivity contribution is 8.40. The highest BCUT2D eigenvalue weighted by atomic mass is 32.2. The van der Waals surface area contributed by atoms with E-state index >= 15 is 0 Å². The summed E-state index contributed by atoms with van der Waals surface area (Å²) in [5.41, 5.74) is 2.26. The molecule has 0 aliphatic rings. The zero-order valence-corrected chi connectivity index (χ0v) is 28.4. The summed E-state index contributed by atoms with van der Waals surface area (Å²) in [6.07, 6.45) is 0. The molecule has 0 saturated heterocycles. The van der Waals surface area contributed by atoms with Gasteiger partial charge >= 0.3 is 15.5 Å². The molecular formula is C26H38N2O6P2S4. The second-order valence-electron chi connectivity index (χ2n) is 7.59. The maximum Gasteiger partial charge on any atom is 0.455 e. The van der Waals surface area contributed by atoms with Crippen molar-refractivity contribution in [2.75, 3.05) is 37.9 Å². The molecule has 40 heavy (non-hydrogen) atoms. The van der Waals surface area contributed by atoms with E-state index < -0.39 is 15.5 Å². The molecule has 0 heterocycles. The molecule has 8 nitrogen and oxygen atoms in total. The van der Waals surface area contributed by atoms with Gasteiger partial charge in [-0.1, -0.05) is 108 Å². The first kappa shape index (κ1) is 35.7. The Morgan fingerprint density at radius 1 is 0.575 bits per heavy atom. The molecule has 0 bridgehead atoms. The Hall–Kier alpha value is -0.520. The Morgan fingerprint density at radius 2 is 0.900 bits per heavy atom. The Kier molecular flexibility index (Phi) is 18.2. The van der Waals surface area contributed by atoms with Gasteiger partial charge in [-0.05, 0) is 38.8 Å². The molecule has 0 saturated carbocycles. The van der Waals surface area contributed by atoms with Crippen molar-refractivity contribution in [3.8, 4) is 0 Å². The predicted octanol–water partition coefficient (Wildman–Crippen LogP) is 9.39. The van der Waals surface area contributed by atoms with E-state index in [2.05, 4.69) is 9.53 Å². The molecule has 0 aliphatic carbocycles. The molecule has 2 aromatic carbocycles. The molecule has 2 rings (SSSR count). The molecule has 0 amide bonds. The molecule has 0 aliphatic heterocycles. The SMILES string of the molecule is CCOP(=O)(/N=C(\SCCS/C(=N\P(=O)(OCC)OCC)SCc1ccccc1)SCc1ccccc1)OCC. The molecule has 0 N–H and O–H groups in total. The maximum atomic E-state index is 13.1. The summed E-state index contributed by atoms with van der Waals surface area (Å²) in [4.78, 5) is 0. The van der Waals surface area contributed by atoms with Crippen LogP contribution >= 0.6 is 62.5 Å². The van der Waals surface area contributed by atoms with E-state index in [-0.39, 0.29) is 26.4 Å². The average molecular weight is 665 g/mol. The molecule has 0 spiro atoms. The topological polar surface area (TPSA) is 95.8 Å². The van der Waals surface area contributed by atoms with Crippen LogP contribution in [0.3, 0.4) is 0 Å². The van der Waals surface area contributed by atoms with E-state index in [4.69, 9.17) is 18.1 Å². The number of rotatable bonds is 17. The summed E-state index contributed by atoms with van der Waals surface area (Å²) in [6, 6.07) is 20.0. The minimum Gasteiger partial charge on any atom is -0.291 e. The van der Waals surface area contributed by atoms with Crippen LogP contribution in [0.4, 0.5) is 0 Å². The molecular weight excluding hydrogens is 627 g/mol. The first-order valence-electron chi connectivity index (χ1n) is 12.9. The van der Waals surface area contributed by atoms with Crippen molar-refractivity contribution in [2.45, 2.75) is 39.2 Å². The molecule has 0 unspecified atom stereocenters. The van der Waals surface area contributed by atoms with Gasteiger partial charge in [0.05, 0.1) is 26.4 Å². The minimum atomic E-state index is -3.61.